The van der Waals surface area contributed by atoms with Gasteiger partial charge in [0.25, 0.3) is 0 Å². The van der Waals surface area contributed by atoms with Crippen LogP contribution < -0.4 is 0 Å². The van der Waals surface area contributed by atoms with Crippen molar-refractivity contribution in [1.82, 2.24) is 14.3 Å². The van der Waals surface area contributed by atoms with Gasteiger partial charge in [0.1, 0.15) is 5.65 Å². The molecule has 2 aromatic heterocycles. The summed E-state index contributed by atoms with van der Waals surface area (Å²) in [6.45, 7) is 5.72. The number of nitrogens with zero attached hydrogens (tertiary/aromatic N) is 3. The van der Waals surface area contributed by atoms with Crippen LogP contribution in [-0.2, 0) is 11.3 Å². The minimum atomic E-state index is 0.310. The summed E-state index contributed by atoms with van der Waals surface area (Å²) in [4.78, 5) is 6.97. The molecule has 0 bridgehead atoms. The van der Waals surface area contributed by atoms with Gasteiger partial charge in [-0.25, -0.2) is 4.98 Å². The van der Waals surface area contributed by atoms with Crippen LogP contribution >= 0.6 is 11.6 Å². The zero-order valence-corrected chi connectivity index (χ0v) is 11.1. The Morgan fingerprint density at radius 1 is 1.44 bits per heavy atom. The normalized spacial score (nSPS) is 21.6. The molecule has 2 aromatic rings. The average molecular weight is 266 g/mol. The standard InChI is InChI=1S/C13H16ClN3O/c1-10-6-16(4-5-18-10)8-12-9-17-7-11(14)2-3-13(17)15-12/h2-3,7,9-10H,4-6,8H2,1H3. The molecule has 1 atom stereocenters. The molecule has 0 radical (unpaired) electrons. The largest absolute Gasteiger partial charge is 0.376 e. The van der Waals surface area contributed by atoms with Crippen LogP contribution in [0.5, 0.6) is 0 Å². The van der Waals surface area contributed by atoms with Gasteiger partial charge < -0.3 is 9.14 Å². The predicted molar refractivity (Wildman–Crippen MR) is 70.9 cm³/mol. The molecule has 3 rings (SSSR count). The maximum absolute atomic E-state index is 5.96. The monoisotopic (exact) mass is 265 g/mol. The van der Waals surface area contributed by atoms with Crippen molar-refractivity contribution < 1.29 is 4.74 Å². The number of hydrogen-bond donors (Lipinski definition) is 0. The van der Waals surface area contributed by atoms with Crippen molar-refractivity contribution in [2.24, 2.45) is 0 Å². The summed E-state index contributed by atoms with van der Waals surface area (Å²) >= 11 is 5.96. The average Bonchev–Trinajstić information content (AvgIpc) is 2.70. The fraction of sp³-hybridized carbons (Fsp3) is 0.462. The van der Waals surface area contributed by atoms with E-state index in [2.05, 4.69) is 16.8 Å². The summed E-state index contributed by atoms with van der Waals surface area (Å²) in [6, 6.07) is 3.80. The first-order valence-electron chi connectivity index (χ1n) is 6.18. The van der Waals surface area contributed by atoms with E-state index in [1.54, 1.807) is 0 Å². The Kier molecular flexibility index (Phi) is 3.24. The van der Waals surface area contributed by atoms with Gasteiger partial charge in [0.05, 0.1) is 23.4 Å². The van der Waals surface area contributed by atoms with Crippen LogP contribution in [0.25, 0.3) is 5.65 Å². The molecule has 0 saturated carbocycles. The van der Waals surface area contributed by atoms with E-state index < -0.39 is 0 Å². The molecule has 0 spiro atoms. The van der Waals surface area contributed by atoms with Crippen molar-refractivity contribution in [2.45, 2.75) is 19.6 Å². The first-order valence-corrected chi connectivity index (χ1v) is 6.55. The minimum absolute atomic E-state index is 0.310. The van der Waals surface area contributed by atoms with Crippen LogP contribution in [0.1, 0.15) is 12.6 Å². The second-order valence-electron chi connectivity index (χ2n) is 4.76. The van der Waals surface area contributed by atoms with Gasteiger partial charge in [-0.05, 0) is 19.1 Å². The molecule has 0 amide bonds. The molecule has 0 N–H and O–H groups in total. The molecule has 1 fully saturated rings. The Balaban J connectivity index is 1.78. The van der Waals surface area contributed by atoms with Gasteiger partial charge in [-0.2, -0.15) is 0 Å². The lowest BCUT2D eigenvalue weighted by Gasteiger charge is -2.30. The Morgan fingerprint density at radius 2 is 2.33 bits per heavy atom. The molecular weight excluding hydrogens is 250 g/mol. The highest BCUT2D eigenvalue weighted by atomic mass is 35.5. The number of halogens is 1. The second kappa shape index (κ2) is 4.88. The Bertz CT molecular complexity index is 554. The van der Waals surface area contributed by atoms with E-state index in [0.717, 1.165) is 42.6 Å². The smallest absolute Gasteiger partial charge is 0.137 e. The van der Waals surface area contributed by atoms with Crippen LogP contribution in [0.15, 0.2) is 24.5 Å². The van der Waals surface area contributed by atoms with Gasteiger partial charge >= 0.3 is 0 Å². The number of pyridine rings is 1. The SMILES string of the molecule is CC1CN(Cc2cn3cc(Cl)ccc3n2)CCO1. The van der Waals surface area contributed by atoms with Crippen LogP contribution in [0, 0.1) is 0 Å². The number of ether oxygens (including phenoxy) is 1. The second-order valence-corrected chi connectivity index (χ2v) is 5.20. The van der Waals surface area contributed by atoms with Crippen molar-refractivity contribution in [3.63, 3.8) is 0 Å². The highest BCUT2D eigenvalue weighted by Crippen LogP contribution is 2.14. The van der Waals surface area contributed by atoms with Gasteiger partial charge in [0.2, 0.25) is 0 Å². The quantitative estimate of drug-likeness (QED) is 0.834. The Morgan fingerprint density at radius 3 is 3.17 bits per heavy atom. The molecule has 1 aliphatic heterocycles. The first-order chi connectivity index (χ1) is 8.70. The number of imidazole rings is 1. The third kappa shape index (κ3) is 2.51. The van der Waals surface area contributed by atoms with Crippen molar-refractivity contribution >= 4 is 17.2 Å². The third-order valence-electron chi connectivity index (χ3n) is 3.18. The molecule has 4 nitrogen and oxygen atoms in total. The number of aromatic nitrogens is 2. The first kappa shape index (κ1) is 12.0. The molecule has 1 aliphatic rings. The van der Waals surface area contributed by atoms with Gasteiger partial charge in [0.15, 0.2) is 0 Å². The maximum Gasteiger partial charge on any atom is 0.137 e. The van der Waals surface area contributed by atoms with Gasteiger partial charge in [-0.15, -0.1) is 0 Å². The predicted octanol–water partition coefficient (Wildman–Crippen LogP) is 2.21. The topological polar surface area (TPSA) is 29.8 Å². The summed E-state index contributed by atoms with van der Waals surface area (Å²) in [5.41, 5.74) is 2.02. The number of rotatable bonds is 2. The lowest BCUT2D eigenvalue weighted by atomic mass is 10.3. The zero-order valence-electron chi connectivity index (χ0n) is 10.3. The van der Waals surface area contributed by atoms with Gasteiger partial charge in [-0.1, -0.05) is 11.6 Å². The summed E-state index contributed by atoms with van der Waals surface area (Å²) in [5, 5.41) is 0.728. The summed E-state index contributed by atoms with van der Waals surface area (Å²) in [5.74, 6) is 0. The van der Waals surface area contributed by atoms with Crippen LogP contribution in [0.3, 0.4) is 0 Å². The Hall–Kier alpha value is -1.10. The zero-order chi connectivity index (χ0) is 12.5. The van der Waals surface area contributed by atoms with Crippen molar-refractivity contribution in [3.05, 3.63) is 35.2 Å². The van der Waals surface area contributed by atoms with E-state index in [9.17, 15) is 0 Å². The number of morpholine rings is 1. The lowest BCUT2D eigenvalue weighted by Crippen LogP contribution is -2.40. The summed E-state index contributed by atoms with van der Waals surface area (Å²) < 4.78 is 7.51. The molecular formula is C13H16ClN3O. The van der Waals surface area contributed by atoms with E-state index in [-0.39, 0.29) is 0 Å². The highest BCUT2D eigenvalue weighted by Gasteiger charge is 2.17. The number of fused-ring (bicyclic) bond motifs is 1. The van der Waals surface area contributed by atoms with E-state index in [4.69, 9.17) is 16.3 Å². The molecule has 5 heteroatoms. The molecule has 0 aromatic carbocycles. The lowest BCUT2D eigenvalue weighted by molar-refractivity contribution is -0.0215. The molecule has 96 valence electrons. The molecule has 18 heavy (non-hydrogen) atoms. The van der Waals surface area contributed by atoms with Gasteiger partial charge in [-0.3, -0.25) is 4.90 Å². The van der Waals surface area contributed by atoms with Crippen molar-refractivity contribution in [2.75, 3.05) is 19.7 Å². The van der Waals surface area contributed by atoms with Crippen molar-refractivity contribution in [3.8, 4) is 0 Å². The molecule has 0 aliphatic carbocycles. The van der Waals surface area contributed by atoms with E-state index in [1.807, 2.05) is 28.9 Å². The van der Waals surface area contributed by atoms with Gasteiger partial charge in [0, 0.05) is 32.0 Å². The highest BCUT2D eigenvalue weighted by molar-refractivity contribution is 6.30. The van der Waals surface area contributed by atoms with Crippen LogP contribution in [-0.4, -0.2) is 40.1 Å². The van der Waals surface area contributed by atoms with E-state index in [0.29, 0.717) is 6.10 Å². The fourth-order valence-corrected chi connectivity index (χ4v) is 2.52. The maximum atomic E-state index is 5.96. The number of hydrogen-bond acceptors (Lipinski definition) is 3. The minimum Gasteiger partial charge on any atom is -0.376 e. The van der Waals surface area contributed by atoms with Crippen LogP contribution in [0.4, 0.5) is 0 Å². The molecule has 1 unspecified atom stereocenters. The van der Waals surface area contributed by atoms with E-state index in [1.165, 1.54) is 0 Å². The molecule has 1 saturated heterocycles. The van der Waals surface area contributed by atoms with Crippen LogP contribution in [0.2, 0.25) is 5.02 Å². The summed E-state index contributed by atoms with van der Waals surface area (Å²) in [6.07, 6.45) is 4.24. The van der Waals surface area contributed by atoms with Crippen molar-refractivity contribution in [1.29, 1.82) is 0 Å². The molecule has 3 heterocycles. The third-order valence-corrected chi connectivity index (χ3v) is 3.40. The summed E-state index contributed by atoms with van der Waals surface area (Å²) in [7, 11) is 0. The fourth-order valence-electron chi connectivity index (χ4n) is 2.36. The Labute approximate surface area is 111 Å². The van der Waals surface area contributed by atoms with E-state index >= 15 is 0 Å².